The van der Waals surface area contributed by atoms with Crippen molar-refractivity contribution in [1.82, 2.24) is 0 Å². The number of hydrogen-bond donors (Lipinski definition) is 0. The highest BCUT2D eigenvalue weighted by atomic mass is 16.1. The number of aldehydes is 1. The van der Waals surface area contributed by atoms with Gasteiger partial charge in [-0.05, 0) is 32.9 Å². The molecule has 0 saturated carbocycles. The highest BCUT2D eigenvalue weighted by molar-refractivity contribution is 5.65. The summed E-state index contributed by atoms with van der Waals surface area (Å²) >= 11 is 0. The molecule has 10 heavy (non-hydrogen) atoms. The highest BCUT2D eigenvalue weighted by Gasteiger charge is 2.01. The molecule has 54 valence electrons. The van der Waals surface area contributed by atoms with Crippen molar-refractivity contribution in [3.8, 4) is 11.8 Å². The van der Waals surface area contributed by atoms with E-state index in [1.165, 1.54) is 6.08 Å². The van der Waals surface area contributed by atoms with Gasteiger partial charge < -0.3 is 0 Å². The fraction of sp³-hybridized carbons (Fsp3) is 0.444. The zero-order chi connectivity index (χ0) is 8.04. The van der Waals surface area contributed by atoms with Gasteiger partial charge in [0.2, 0.25) is 0 Å². The molecule has 0 saturated heterocycles. The molecule has 0 N–H and O–H groups in total. The van der Waals surface area contributed by atoms with Gasteiger partial charge in [0.25, 0.3) is 0 Å². The Morgan fingerprint density at radius 1 is 1.30 bits per heavy atom. The topological polar surface area (TPSA) is 17.1 Å². The Labute approximate surface area is 62.1 Å². The number of rotatable bonds is 1. The monoisotopic (exact) mass is 136 g/mol. The van der Waals surface area contributed by atoms with Gasteiger partial charge in [-0.2, -0.15) is 0 Å². The second-order valence-corrected chi connectivity index (χ2v) is 3.01. The van der Waals surface area contributed by atoms with Gasteiger partial charge in [-0.15, -0.1) is 0 Å². The van der Waals surface area contributed by atoms with Crippen LogP contribution in [0.25, 0.3) is 0 Å². The lowest BCUT2D eigenvalue weighted by atomic mass is 9.98. The fourth-order valence-electron chi connectivity index (χ4n) is 0.346. The Morgan fingerprint density at radius 2 is 1.90 bits per heavy atom. The Balaban J connectivity index is 3.93. The van der Waals surface area contributed by atoms with Crippen molar-refractivity contribution in [2.75, 3.05) is 0 Å². The second-order valence-electron chi connectivity index (χ2n) is 3.01. The lowest BCUT2D eigenvalue weighted by Crippen LogP contribution is -1.98. The van der Waals surface area contributed by atoms with E-state index in [1.807, 2.05) is 20.8 Å². The van der Waals surface area contributed by atoms with Crippen LogP contribution in [0.2, 0.25) is 0 Å². The first-order valence-electron chi connectivity index (χ1n) is 3.19. The van der Waals surface area contributed by atoms with Crippen molar-refractivity contribution < 1.29 is 4.79 Å². The lowest BCUT2D eigenvalue weighted by Gasteiger charge is -2.05. The molecule has 0 bridgehead atoms. The molecule has 0 fully saturated rings. The molecule has 0 aromatic heterocycles. The number of carbonyl (C=O) groups is 1. The van der Waals surface area contributed by atoms with E-state index in [9.17, 15) is 4.79 Å². The molecule has 0 aliphatic carbocycles. The van der Waals surface area contributed by atoms with Crippen LogP contribution in [-0.2, 0) is 4.79 Å². The van der Waals surface area contributed by atoms with Crippen LogP contribution < -0.4 is 0 Å². The van der Waals surface area contributed by atoms with Gasteiger partial charge in [0.1, 0.15) is 6.29 Å². The van der Waals surface area contributed by atoms with Gasteiger partial charge in [-0.3, -0.25) is 4.79 Å². The number of carbonyl (C=O) groups excluding carboxylic acids is 1. The smallest absolute Gasteiger partial charge is 0.143 e. The van der Waals surface area contributed by atoms with Crippen LogP contribution in [0.1, 0.15) is 20.8 Å². The van der Waals surface area contributed by atoms with Crippen molar-refractivity contribution in [3.05, 3.63) is 12.2 Å². The molecule has 0 heterocycles. The van der Waals surface area contributed by atoms with Crippen LogP contribution >= 0.6 is 0 Å². The van der Waals surface area contributed by atoms with E-state index >= 15 is 0 Å². The zero-order valence-corrected chi connectivity index (χ0v) is 6.64. The summed E-state index contributed by atoms with van der Waals surface area (Å²) in [6, 6.07) is 0. The minimum absolute atomic E-state index is 0.0211. The third kappa shape index (κ3) is 6.97. The van der Waals surface area contributed by atoms with Crippen molar-refractivity contribution in [2.45, 2.75) is 20.8 Å². The average molecular weight is 136 g/mol. The first kappa shape index (κ1) is 8.97. The van der Waals surface area contributed by atoms with Gasteiger partial charge in [-0.1, -0.05) is 11.8 Å². The number of hydrogen-bond acceptors (Lipinski definition) is 1. The fourth-order valence-corrected chi connectivity index (χ4v) is 0.346. The Kier molecular flexibility index (Phi) is 3.49. The number of allylic oxidation sites excluding steroid dienone is 2. The summed E-state index contributed by atoms with van der Waals surface area (Å²) in [4.78, 5) is 9.77. The van der Waals surface area contributed by atoms with Crippen molar-refractivity contribution in [2.24, 2.45) is 5.41 Å². The van der Waals surface area contributed by atoms with Crippen LogP contribution in [0.5, 0.6) is 0 Å². The SMILES string of the molecule is CC(C)(C)C#CC=CC=O. The summed E-state index contributed by atoms with van der Waals surface area (Å²) in [6.07, 6.45) is 3.66. The maximum absolute atomic E-state index is 9.77. The normalized spacial score (nSPS) is 10.7. The summed E-state index contributed by atoms with van der Waals surface area (Å²) < 4.78 is 0. The van der Waals surface area contributed by atoms with Gasteiger partial charge in [0.15, 0.2) is 0 Å². The molecule has 0 amide bonds. The maximum Gasteiger partial charge on any atom is 0.143 e. The summed E-state index contributed by atoms with van der Waals surface area (Å²) in [5.41, 5.74) is 0.0211. The maximum atomic E-state index is 9.77. The average Bonchev–Trinajstić information content (AvgIpc) is 1.78. The quantitative estimate of drug-likeness (QED) is 0.305. The predicted molar refractivity (Wildman–Crippen MR) is 42.4 cm³/mol. The first-order chi connectivity index (χ1) is 4.56. The van der Waals surface area contributed by atoms with E-state index in [0.29, 0.717) is 0 Å². The molecule has 0 unspecified atom stereocenters. The first-order valence-corrected chi connectivity index (χ1v) is 3.19. The van der Waals surface area contributed by atoms with Crippen molar-refractivity contribution in [3.63, 3.8) is 0 Å². The molecule has 0 aromatic rings. The molecule has 1 nitrogen and oxygen atoms in total. The molecule has 0 aromatic carbocycles. The van der Waals surface area contributed by atoms with Crippen molar-refractivity contribution in [1.29, 1.82) is 0 Å². The molecular formula is C9H12O. The molecule has 0 aliphatic heterocycles. The third-order valence-electron chi connectivity index (χ3n) is 0.705. The highest BCUT2D eigenvalue weighted by Crippen LogP contribution is 2.09. The Hall–Kier alpha value is -1.03. The Morgan fingerprint density at radius 3 is 2.30 bits per heavy atom. The van der Waals surface area contributed by atoms with Crippen LogP contribution in [0.4, 0.5) is 0 Å². The molecule has 1 heteroatoms. The van der Waals surface area contributed by atoms with E-state index in [2.05, 4.69) is 11.8 Å². The van der Waals surface area contributed by atoms with Crippen LogP contribution in [0.15, 0.2) is 12.2 Å². The van der Waals surface area contributed by atoms with E-state index in [4.69, 9.17) is 0 Å². The van der Waals surface area contributed by atoms with Crippen LogP contribution in [0, 0.1) is 17.3 Å². The van der Waals surface area contributed by atoms with E-state index in [-0.39, 0.29) is 5.41 Å². The van der Waals surface area contributed by atoms with Gasteiger partial charge in [0.05, 0.1) is 0 Å². The minimum atomic E-state index is 0.0211. The predicted octanol–water partition coefficient (Wildman–Crippen LogP) is 1.79. The van der Waals surface area contributed by atoms with Gasteiger partial charge in [0, 0.05) is 5.41 Å². The van der Waals surface area contributed by atoms with E-state index in [0.717, 1.165) is 6.29 Å². The summed E-state index contributed by atoms with van der Waals surface area (Å²) in [7, 11) is 0. The largest absolute Gasteiger partial charge is 0.299 e. The van der Waals surface area contributed by atoms with Gasteiger partial charge >= 0.3 is 0 Å². The summed E-state index contributed by atoms with van der Waals surface area (Å²) in [5.74, 6) is 5.73. The second kappa shape index (κ2) is 3.90. The minimum Gasteiger partial charge on any atom is -0.299 e. The molecule has 0 radical (unpaired) electrons. The van der Waals surface area contributed by atoms with Crippen molar-refractivity contribution >= 4 is 6.29 Å². The van der Waals surface area contributed by atoms with E-state index < -0.39 is 0 Å². The van der Waals surface area contributed by atoms with Gasteiger partial charge in [-0.25, -0.2) is 0 Å². The lowest BCUT2D eigenvalue weighted by molar-refractivity contribution is -0.104. The van der Waals surface area contributed by atoms with Crippen LogP contribution in [-0.4, -0.2) is 6.29 Å². The molecular weight excluding hydrogens is 124 g/mol. The summed E-state index contributed by atoms with van der Waals surface area (Å²) in [6.45, 7) is 6.07. The zero-order valence-electron chi connectivity index (χ0n) is 6.64. The molecule has 0 atom stereocenters. The summed E-state index contributed by atoms with van der Waals surface area (Å²) in [5, 5.41) is 0. The standard InChI is InChI=1S/C9H12O/c1-9(2,3)7-5-4-6-8-10/h4,6,8H,1-3H3. The molecule has 0 spiro atoms. The molecule has 0 aliphatic rings. The van der Waals surface area contributed by atoms with E-state index in [1.54, 1.807) is 6.08 Å². The molecule has 0 rings (SSSR count). The Bertz CT molecular complexity index is 183. The van der Waals surface area contributed by atoms with Crippen LogP contribution in [0.3, 0.4) is 0 Å². The third-order valence-corrected chi connectivity index (χ3v) is 0.705.